The van der Waals surface area contributed by atoms with Crippen molar-refractivity contribution < 1.29 is 14.0 Å². The quantitative estimate of drug-likeness (QED) is 0.906. The van der Waals surface area contributed by atoms with Gasteiger partial charge in [-0.1, -0.05) is 6.07 Å². The molecule has 0 bridgehead atoms. The topological polar surface area (TPSA) is 75.4 Å². The van der Waals surface area contributed by atoms with Crippen LogP contribution in [0.15, 0.2) is 47.2 Å². The molecule has 23 heavy (non-hydrogen) atoms. The molecular formula is C16H17N3O3S. The summed E-state index contributed by atoms with van der Waals surface area (Å²) in [6, 6.07) is 9.12. The number of carbonyl (C=O) groups is 2. The Hall–Kier alpha value is -2.28. The Kier molecular flexibility index (Phi) is 4.66. The molecule has 1 fully saturated rings. The third kappa shape index (κ3) is 3.56. The van der Waals surface area contributed by atoms with Gasteiger partial charge in [0, 0.05) is 6.20 Å². The number of hydrogen-bond donors (Lipinski definition) is 1. The van der Waals surface area contributed by atoms with Crippen LogP contribution in [-0.4, -0.2) is 33.5 Å². The predicted octanol–water partition coefficient (Wildman–Crippen LogP) is 1.95. The van der Waals surface area contributed by atoms with E-state index < -0.39 is 0 Å². The minimum atomic E-state index is -0.256. The highest BCUT2D eigenvalue weighted by Crippen LogP contribution is 2.42. The van der Waals surface area contributed by atoms with Gasteiger partial charge in [0.2, 0.25) is 11.8 Å². The Balaban J connectivity index is 1.62. The number of aromatic nitrogens is 1. The first-order chi connectivity index (χ1) is 11.1. The van der Waals surface area contributed by atoms with E-state index in [4.69, 9.17) is 4.42 Å². The van der Waals surface area contributed by atoms with E-state index in [9.17, 15) is 9.59 Å². The van der Waals surface area contributed by atoms with Crippen LogP contribution in [0.3, 0.4) is 0 Å². The first-order valence-corrected chi connectivity index (χ1v) is 8.25. The molecule has 120 valence electrons. The van der Waals surface area contributed by atoms with Gasteiger partial charge in [0.1, 0.15) is 17.7 Å². The number of pyridine rings is 1. The maximum atomic E-state index is 12.3. The summed E-state index contributed by atoms with van der Waals surface area (Å²) in [5, 5.41) is 2.35. The predicted molar refractivity (Wildman–Crippen MR) is 86.3 cm³/mol. The van der Waals surface area contributed by atoms with Crippen LogP contribution in [-0.2, 0) is 16.1 Å². The molecule has 7 heteroatoms. The van der Waals surface area contributed by atoms with Crippen molar-refractivity contribution in [2.75, 3.05) is 6.54 Å². The molecule has 1 saturated heterocycles. The number of nitrogens with one attached hydrogen (secondary N) is 1. The summed E-state index contributed by atoms with van der Waals surface area (Å²) in [4.78, 5) is 30.2. The van der Waals surface area contributed by atoms with Crippen LogP contribution in [0.5, 0.6) is 0 Å². The lowest BCUT2D eigenvalue weighted by molar-refractivity contribution is -0.135. The Labute approximate surface area is 138 Å². The molecule has 2 aromatic heterocycles. The van der Waals surface area contributed by atoms with E-state index in [2.05, 4.69) is 10.3 Å². The molecule has 0 aromatic carbocycles. The van der Waals surface area contributed by atoms with Crippen LogP contribution >= 0.6 is 11.8 Å². The lowest BCUT2D eigenvalue weighted by Gasteiger charge is -2.21. The Bertz CT molecular complexity index is 675. The van der Waals surface area contributed by atoms with Crippen LogP contribution in [0.4, 0.5) is 0 Å². The molecule has 2 atom stereocenters. The lowest BCUT2D eigenvalue weighted by Crippen LogP contribution is -2.40. The second-order valence-electron chi connectivity index (χ2n) is 5.21. The van der Waals surface area contributed by atoms with Gasteiger partial charge < -0.3 is 14.6 Å². The zero-order valence-electron chi connectivity index (χ0n) is 12.6. The molecule has 3 heterocycles. The van der Waals surface area contributed by atoms with Crippen molar-refractivity contribution in [3.63, 3.8) is 0 Å². The molecule has 1 N–H and O–H groups in total. The van der Waals surface area contributed by atoms with Gasteiger partial charge in [-0.3, -0.25) is 14.6 Å². The zero-order valence-corrected chi connectivity index (χ0v) is 13.5. The second kappa shape index (κ2) is 6.87. The van der Waals surface area contributed by atoms with E-state index in [1.54, 1.807) is 23.4 Å². The van der Waals surface area contributed by atoms with Crippen molar-refractivity contribution in [2.45, 2.75) is 24.1 Å². The van der Waals surface area contributed by atoms with E-state index >= 15 is 0 Å². The second-order valence-corrected chi connectivity index (χ2v) is 6.64. The first-order valence-electron chi connectivity index (χ1n) is 7.31. The summed E-state index contributed by atoms with van der Waals surface area (Å²) >= 11 is 1.49. The van der Waals surface area contributed by atoms with Gasteiger partial charge in [-0.2, -0.15) is 0 Å². The summed E-state index contributed by atoms with van der Waals surface area (Å²) in [6.45, 7) is 2.19. The molecule has 0 radical (unpaired) electrons. The smallest absolute Gasteiger partial charge is 0.240 e. The SMILES string of the molecule is CC1SC(c2ccco2)N(CC(=O)NCc2ccccn2)C1=O. The molecule has 2 unspecified atom stereocenters. The molecule has 6 nitrogen and oxygen atoms in total. The van der Waals surface area contributed by atoms with Crippen LogP contribution in [0, 0.1) is 0 Å². The Morgan fingerprint density at radius 1 is 1.39 bits per heavy atom. The minimum Gasteiger partial charge on any atom is -0.466 e. The summed E-state index contributed by atoms with van der Waals surface area (Å²) in [7, 11) is 0. The number of carbonyl (C=O) groups excluding carboxylic acids is 2. The maximum absolute atomic E-state index is 12.3. The fourth-order valence-corrected chi connectivity index (χ4v) is 3.62. The summed E-state index contributed by atoms with van der Waals surface area (Å²) in [5.74, 6) is 0.421. The molecule has 0 aliphatic carbocycles. The van der Waals surface area contributed by atoms with Gasteiger partial charge in [-0.25, -0.2) is 0 Å². The largest absolute Gasteiger partial charge is 0.466 e. The standard InChI is InChI=1S/C16H17N3O3S/c1-11-15(21)19(16(23-11)13-6-4-8-22-13)10-14(20)18-9-12-5-2-3-7-17-12/h2-8,11,16H,9-10H2,1H3,(H,18,20). The monoisotopic (exact) mass is 331 g/mol. The van der Waals surface area contributed by atoms with E-state index in [1.165, 1.54) is 11.8 Å². The number of thioether (sulfide) groups is 1. The molecule has 3 rings (SSSR count). The third-order valence-corrected chi connectivity index (χ3v) is 4.89. The Morgan fingerprint density at radius 3 is 2.96 bits per heavy atom. The fourth-order valence-electron chi connectivity index (χ4n) is 2.39. The van der Waals surface area contributed by atoms with Crippen LogP contribution < -0.4 is 5.32 Å². The van der Waals surface area contributed by atoms with Crippen molar-refractivity contribution in [3.05, 3.63) is 54.2 Å². The highest BCUT2D eigenvalue weighted by Gasteiger charge is 2.40. The van der Waals surface area contributed by atoms with Crippen molar-refractivity contribution in [3.8, 4) is 0 Å². The molecular weight excluding hydrogens is 314 g/mol. The van der Waals surface area contributed by atoms with E-state index in [-0.39, 0.29) is 29.0 Å². The van der Waals surface area contributed by atoms with Crippen molar-refractivity contribution >= 4 is 23.6 Å². The number of amides is 2. The number of furan rings is 1. The van der Waals surface area contributed by atoms with Gasteiger partial charge in [-0.05, 0) is 31.2 Å². The normalized spacial score (nSPS) is 20.7. The fraction of sp³-hybridized carbons (Fsp3) is 0.312. The van der Waals surface area contributed by atoms with Crippen LogP contribution in [0.25, 0.3) is 0 Å². The first kappa shape index (κ1) is 15.6. The molecule has 1 aliphatic heterocycles. The number of nitrogens with zero attached hydrogens (tertiary/aromatic N) is 2. The lowest BCUT2D eigenvalue weighted by atomic mass is 10.3. The van der Waals surface area contributed by atoms with E-state index in [0.717, 1.165) is 5.69 Å². The Morgan fingerprint density at radius 2 is 2.26 bits per heavy atom. The summed E-state index contributed by atoms with van der Waals surface area (Å²) < 4.78 is 5.40. The number of hydrogen-bond acceptors (Lipinski definition) is 5. The average Bonchev–Trinajstić information content (AvgIpc) is 3.18. The van der Waals surface area contributed by atoms with Crippen molar-refractivity contribution in [1.29, 1.82) is 0 Å². The zero-order chi connectivity index (χ0) is 16.2. The summed E-state index contributed by atoms with van der Waals surface area (Å²) in [5.41, 5.74) is 0.777. The average molecular weight is 331 g/mol. The van der Waals surface area contributed by atoms with Crippen LogP contribution in [0.2, 0.25) is 0 Å². The van der Waals surface area contributed by atoms with Gasteiger partial charge in [0.05, 0.1) is 23.8 Å². The highest BCUT2D eigenvalue weighted by molar-refractivity contribution is 8.01. The van der Waals surface area contributed by atoms with Gasteiger partial charge >= 0.3 is 0 Å². The molecule has 2 aromatic rings. The molecule has 0 spiro atoms. The third-order valence-electron chi connectivity index (χ3n) is 3.54. The van der Waals surface area contributed by atoms with Crippen molar-refractivity contribution in [1.82, 2.24) is 15.2 Å². The highest BCUT2D eigenvalue weighted by atomic mass is 32.2. The van der Waals surface area contributed by atoms with Gasteiger partial charge in [-0.15, -0.1) is 11.8 Å². The minimum absolute atomic E-state index is 0.00831. The number of rotatable bonds is 5. The van der Waals surface area contributed by atoms with Crippen LogP contribution in [0.1, 0.15) is 23.8 Å². The molecule has 2 amide bonds. The maximum Gasteiger partial charge on any atom is 0.240 e. The van der Waals surface area contributed by atoms with E-state index in [0.29, 0.717) is 12.3 Å². The van der Waals surface area contributed by atoms with Gasteiger partial charge in [0.15, 0.2) is 0 Å². The molecule has 1 aliphatic rings. The molecule has 0 saturated carbocycles. The van der Waals surface area contributed by atoms with E-state index in [1.807, 2.05) is 31.2 Å². The van der Waals surface area contributed by atoms with Gasteiger partial charge in [0.25, 0.3) is 0 Å². The van der Waals surface area contributed by atoms with Crippen molar-refractivity contribution in [2.24, 2.45) is 0 Å². The summed E-state index contributed by atoms with van der Waals surface area (Å²) in [6.07, 6.45) is 3.25.